The number of amides is 1. The summed E-state index contributed by atoms with van der Waals surface area (Å²) < 4.78 is 38.9. The quantitative estimate of drug-likeness (QED) is 0.537. The van der Waals surface area contributed by atoms with Crippen LogP contribution in [0.25, 0.3) is 11.1 Å². The minimum Gasteiger partial charge on any atom is -0.493 e. The second-order valence-corrected chi connectivity index (χ2v) is 9.66. The van der Waals surface area contributed by atoms with E-state index in [-0.39, 0.29) is 24.6 Å². The van der Waals surface area contributed by atoms with Crippen LogP contribution in [-0.2, 0) is 14.8 Å². The van der Waals surface area contributed by atoms with E-state index in [9.17, 15) is 13.2 Å². The van der Waals surface area contributed by atoms with Crippen molar-refractivity contribution < 1.29 is 22.7 Å². The fourth-order valence-electron chi connectivity index (χ4n) is 4.08. The molecule has 0 aliphatic carbocycles. The van der Waals surface area contributed by atoms with Gasteiger partial charge in [0.1, 0.15) is 13.2 Å². The second-order valence-electron chi connectivity index (χ2n) is 7.83. The lowest BCUT2D eigenvalue weighted by Gasteiger charge is -2.33. The minimum atomic E-state index is -3.88. The molecule has 0 atom stereocenters. The van der Waals surface area contributed by atoms with Crippen molar-refractivity contribution >= 4 is 21.6 Å². The first-order valence-electron chi connectivity index (χ1n) is 10.6. The lowest BCUT2D eigenvalue weighted by molar-refractivity contribution is -0.119. The van der Waals surface area contributed by atoms with Gasteiger partial charge in [-0.05, 0) is 49.2 Å². The van der Waals surface area contributed by atoms with Gasteiger partial charge in [0, 0.05) is 11.1 Å². The first kappa shape index (κ1) is 22.7. The molecule has 3 aromatic rings. The van der Waals surface area contributed by atoms with Gasteiger partial charge in [-0.2, -0.15) is 0 Å². The van der Waals surface area contributed by atoms with Gasteiger partial charge in [0.15, 0.2) is 11.5 Å². The van der Waals surface area contributed by atoms with Gasteiger partial charge < -0.3 is 14.8 Å². The van der Waals surface area contributed by atoms with Crippen LogP contribution in [0.3, 0.4) is 0 Å². The highest BCUT2D eigenvalue weighted by Gasteiger charge is 2.36. The van der Waals surface area contributed by atoms with E-state index in [1.54, 1.807) is 37.4 Å². The molecule has 0 saturated carbocycles. The Balaban J connectivity index is 1.51. The molecule has 172 valence electrons. The van der Waals surface area contributed by atoms with Crippen LogP contribution in [0.5, 0.6) is 11.5 Å². The smallest absolute Gasteiger partial charge is 0.265 e. The fraction of sp³-hybridized carbons (Fsp3) is 0.240. The molecule has 0 spiro atoms. The molecule has 7 nitrogen and oxygen atoms in total. The molecule has 0 unspecified atom stereocenters. The number of sulfonamides is 1. The summed E-state index contributed by atoms with van der Waals surface area (Å²) in [5.74, 6) is 0.764. The Kier molecular flexibility index (Phi) is 6.29. The van der Waals surface area contributed by atoms with Crippen molar-refractivity contribution in [2.45, 2.75) is 18.7 Å². The SMILES string of the molecule is COc1ccccc1OCCNC(=O)CN1c2cc(C)cc(C)c2-c2ccccc2S1(=O)=O. The van der Waals surface area contributed by atoms with Crippen molar-refractivity contribution in [3.05, 3.63) is 71.8 Å². The summed E-state index contributed by atoms with van der Waals surface area (Å²) in [4.78, 5) is 12.9. The van der Waals surface area contributed by atoms with Gasteiger partial charge >= 0.3 is 0 Å². The van der Waals surface area contributed by atoms with E-state index in [1.165, 1.54) is 4.31 Å². The number of para-hydroxylation sites is 2. The topological polar surface area (TPSA) is 84.9 Å². The number of benzene rings is 3. The Bertz CT molecular complexity index is 1300. The van der Waals surface area contributed by atoms with Crippen LogP contribution in [0.2, 0.25) is 0 Å². The maximum atomic E-state index is 13.4. The van der Waals surface area contributed by atoms with Crippen LogP contribution in [0.15, 0.2) is 65.6 Å². The number of ether oxygens (including phenoxy) is 2. The van der Waals surface area contributed by atoms with E-state index >= 15 is 0 Å². The number of rotatable bonds is 7. The maximum absolute atomic E-state index is 13.4. The van der Waals surface area contributed by atoms with Crippen LogP contribution >= 0.6 is 0 Å². The van der Waals surface area contributed by atoms with E-state index in [0.29, 0.717) is 22.7 Å². The van der Waals surface area contributed by atoms with Crippen molar-refractivity contribution in [1.29, 1.82) is 0 Å². The van der Waals surface area contributed by atoms with Crippen molar-refractivity contribution in [3.8, 4) is 22.6 Å². The minimum absolute atomic E-state index is 0.205. The summed E-state index contributed by atoms with van der Waals surface area (Å²) >= 11 is 0. The molecule has 1 aliphatic heterocycles. The van der Waals surface area contributed by atoms with Crippen LogP contribution in [0.1, 0.15) is 11.1 Å². The maximum Gasteiger partial charge on any atom is 0.265 e. The number of hydrogen-bond acceptors (Lipinski definition) is 5. The van der Waals surface area contributed by atoms with Crippen LogP contribution in [0.4, 0.5) is 5.69 Å². The zero-order valence-corrected chi connectivity index (χ0v) is 19.6. The van der Waals surface area contributed by atoms with Crippen molar-refractivity contribution in [2.24, 2.45) is 0 Å². The molecule has 4 rings (SSSR count). The average Bonchev–Trinajstić information content (AvgIpc) is 2.79. The molecule has 0 fully saturated rings. The molecule has 1 aliphatic rings. The first-order valence-corrected chi connectivity index (χ1v) is 12.0. The molecule has 0 bridgehead atoms. The number of nitrogens with zero attached hydrogens (tertiary/aromatic N) is 1. The van der Waals surface area contributed by atoms with E-state index in [0.717, 1.165) is 16.7 Å². The van der Waals surface area contributed by atoms with Gasteiger partial charge in [-0.25, -0.2) is 8.42 Å². The van der Waals surface area contributed by atoms with Crippen molar-refractivity contribution in [3.63, 3.8) is 0 Å². The fourth-order valence-corrected chi connectivity index (χ4v) is 5.71. The predicted molar refractivity (Wildman–Crippen MR) is 127 cm³/mol. The molecule has 33 heavy (non-hydrogen) atoms. The van der Waals surface area contributed by atoms with Crippen molar-refractivity contribution in [2.75, 3.05) is 31.1 Å². The molecule has 3 aromatic carbocycles. The van der Waals surface area contributed by atoms with Gasteiger partial charge in [0.05, 0.1) is 24.2 Å². The predicted octanol–water partition coefficient (Wildman–Crippen LogP) is 3.68. The third-order valence-corrected chi connectivity index (χ3v) is 7.31. The Morgan fingerprint density at radius 3 is 2.45 bits per heavy atom. The zero-order chi connectivity index (χ0) is 23.6. The summed E-state index contributed by atoms with van der Waals surface area (Å²) in [6, 6.07) is 18.0. The number of nitrogens with one attached hydrogen (secondary N) is 1. The molecular formula is C25H26N2O5S. The Morgan fingerprint density at radius 1 is 1.00 bits per heavy atom. The summed E-state index contributed by atoms with van der Waals surface area (Å²) in [5, 5.41) is 2.75. The summed E-state index contributed by atoms with van der Waals surface area (Å²) in [6.45, 7) is 3.99. The van der Waals surface area contributed by atoms with E-state index in [1.807, 2.05) is 44.2 Å². The monoisotopic (exact) mass is 466 g/mol. The highest BCUT2D eigenvalue weighted by atomic mass is 32.2. The lowest BCUT2D eigenvalue weighted by Crippen LogP contribution is -2.43. The lowest BCUT2D eigenvalue weighted by atomic mass is 9.96. The molecule has 8 heteroatoms. The summed E-state index contributed by atoms with van der Waals surface area (Å²) in [7, 11) is -2.32. The molecular weight excluding hydrogens is 440 g/mol. The van der Waals surface area contributed by atoms with Crippen molar-refractivity contribution in [1.82, 2.24) is 5.32 Å². The van der Waals surface area contributed by atoms with Gasteiger partial charge in [0.2, 0.25) is 5.91 Å². The standard InChI is InChI=1S/C25H26N2O5S/c1-17-14-18(2)25-19-8-4-7-11-23(19)33(29,30)27(20(25)15-17)16-24(28)26-12-13-32-22-10-6-5-9-21(22)31-3/h4-11,14-15H,12-13,16H2,1-3H3,(H,26,28). The van der Waals surface area contributed by atoms with Crippen LogP contribution in [0, 0.1) is 13.8 Å². The highest BCUT2D eigenvalue weighted by molar-refractivity contribution is 7.93. The van der Waals surface area contributed by atoms with E-state index < -0.39 is 15.9 Å². The molecule has 0 radical (unpaired) electrons. The van der Waals surface area contributed by atoms with E-state index in [2.05, 4.69) is 5.32 Å². The van der Waals surface area contributed by atoms with Crippen LogP contribution < -0.4 is 19.1 Å². The molecule has 0 saturated heterocycles. The van der Waals surface area contributed by atoms with E-state index in [4.69, 9.17) is 9.47 Å². The zero-order valence-electron chi connectivity index (χ0n) is 18.8. The highest BCUT2D eigenvalue weighted by Crippen LogP contribution is 2.45. The van der Waals surface area contributed by atoms with Crippen LogP contribution in [-0.4, -0.2) is 41.1 Å². The number of hydrogen-bond donors (Lipinski definition) is 1. The Labute approximate surface area is 194 Å². The van der Waals surface area contributed by atoms with Gasteiger partial charge in [-0.15, -0.1) is 0 Å². The molecule has 0 aromatic heterocycles. The number of carbonyl (C=O) groups excluding carboxylic acids is 1. The Morgan fingerprint density at radius 2 is 1.70 bits per heavy atom. The number of fused-ring (bicyclic) bond motifs is 3. The number of carbonyl (C=O) groups is 1. The second kappa shape index (κ2) is 9.15. The average molecular weight is 467 g/mol. The number of methoxy groups -OCH3 is 1. The first-order chi connectivity index (χ1) is 15.8. The summed E-state index contributed by atoms with van der Waals surface area (Å²) in [6.07, 6.45) is 0. The summed E-state index contributed by atoms with van der Waals surface area (Å²) in [5.41, 5.74) is 3.90. The number of aryl methyl sites for hydroxylation is 2. The van der Waals surface area contributed by atoms with Gasteiger partial charge in [0.25, 0.3) is 10.0 Å². The largest absolute Gasteiger partial charge is 0.493 e. The van der Waals surface area contributed by atoms with Gasteiger partial charge in [-0.3, -0.25) is 9.10 Å². The number of anilines is 1. The third kappa shape index (κ3) is 4.39. The van der Waals surface area contributed by atoms with Gasteiger partial charge in [-0.1, -0.05) is 36.4 Å². The molecule has 1 N–H and O–H groups in total. The third-order valence-electron chi connectivity index (χ3n) is 5.49. The molecule has 1 heterocycles. The Hall–Kier alpha value is -3.52. The molecule has 1 amide bonds. The normalized spacial score (nSPS) is 13.6.